The van der Waals surface area contributed by atoms with E-state index in [1.54, 1.807) is 6.20 Å². The van der Waals surface area contributed by atoms with Crippen LogP contribution in [0.5, 0.6) is 0 Å². The Morgan fingerprint density at radius 3 is 2.84 bits per heavy atom. The van der Waals surface area contributed by atoms with Crippen molar-refractivity contribution in [1.82, 2.24) is 15.6 Å². The van der Waals surface area contributed by atoms with Crippen molar-refractivity contribution in [1.29, 1.82) is 0 Å². The summed E-state index contributed by atoms with van der Waals surface area (Å²) in [6.45, 7) is 5.37. The average molecular weight is 263 g/mol. The molecule has 104 valence electrons. The largest absolute Gasteiger partial charge is 0.356 e. The van der Waals surface area contributed by atoms with Crippen LogP contribution in [0.2, 0.25) is 0 Å². The predicted molar refractivity (Wildman–Crippen MR) is 75.8 cm³/mol. The highest BCUT2D eigenvalue weighted by Crippen LogP contribution is 1.94. The van der Waals surface area contributed by atoms with Gasteiger partial charge in [-0.05, 0) is 18.1 Å². The quantitative estimate of drug-likeness (QED) is 0.544. The normalized spacial score (nSPS) is 11.4. The van der Waals surface area contributed by atoms with E-state index < -0.39 is 6.03 Å². The van der Waals surface area contributed by atoms with Gasteiger partial charge in [-0.2, -0.15) is 0 Å². The van der Waals surface area contributed by atoms with Crippen LogP contribution in [-0.4, -0.2) is 30.1 Å². The number of aliphatic imine (C=N–C) groups is 1. The van der Waals surface area contributed by atoms with E-state index in [2.05, 4.69) is 34.5 Å². The van der Waals surface area contributed by atoms with E-state index in [1.165, 1.54) is 0 Å². The van der Waals surface area contributed by atoms with Gasteiger partial charge in [0.1, 0.15) is 0 Å². The topological polar surface area (TPSA) is 92.4 Å². The molecule has 4 N–H and O–H groups in total. The van der Waals surface area contributed by atoms with Gasteiger partial charge in [0.05, 0.1) is 0 Å². The summed E-state index contributed by atoms with van der Waals surface area (Å²) in [6.07, 6.45) is 2.51. The van der Waals surface area contributed by atoms with Crippen molar-refractivity contribution < 1.29 is 4.79 Å². The number of nitrogens with one attached hydrogen (secondary N) is 2. The van der Waals surface area contributed by atoms with E-state index in [0.717, 1.165) is 12.1 Å². The molecule has 1 aromatic heterocycles. The highest BCUT2D eigenvalue weighted by atomic mass is 16.2. The van der Waals surface area contributed by atoms with Crippen molar-refractivity contribution in [2.45, 2.75) is 20.3 Å². The molecule has 1 rings (SSSR count). The summed E-state index contributed by atoms with van der Waals surface area (Å²) in [5, 5.41) is 5.53. The maximum atomic E-state index is 10.9. The second-order valence-corrected chi connectivity index (χ2v) is 4.57. The number of urea groups is 1. The smallest absolute Gasteiger partial charge is 0.318 e. The number of guanidine groups is 1. The number of nitrogens with zero attached hydrogens (tertiary/aromatic N) is 2. The second kappa shape index (κ2) is 8.07. The molecule has 0 atom stereocenters. The number of pyridine rings is 1. The Morgan fingerprint density at radius 1 is 1.47 bits per heavy atom. The molecule has 0 unspecified atom stereocenters. The number of aromatic nitrogens is 1. The van der Waals surface area contributed by atoms with Gasteiger partial charge in [-0.3, -0.25) is 15.3 Å². The zero-order valence-corrected chi connectivity index (χ0v) is 11.4. The molecule has 0 aromatic carbocycles. The summed E-state index contributed by atoms with van der Waals surface area (Å²) < 4.78 is 0. The van der Waals surface area contributed by atoms with Gasteiger partial charge in [-0.25, -0.2) is 4.79 Å². The fourth-order valence-corrected chi connectivity index (χ4v) is 1.39. The van der Waals surface area contributed by atoms with Crippen LogP contribution in [0, 0.1) is 5.92 Å². The minimum atomic E-state index is -0.618. The molecule has 1 heterocycles. The van der Waals surface area contributed by atoms with Crippen LogP contribution in [0.25, 0.3) is 0 Å². The molecule has 0 aliphatic rings. The van der Waals surface area contributed by atoms with Crippen LogP contribution in [-0.2, 0) is 6.42 Å². The fraction of sp³-hybridized carbons (Fsp3) is 0.462. The Balaban J connectivity index is 2.44. The third-order valence-electron chi connectivity index (χ3n) is 2.26. The van der Waals surface area contributed by atoms with Crippen LogP contribution in [0.15, 0.2) is 29.4 Å². The van der Waals surface area contributed by atoms with Gasteiger partial charge in [-0.15, -0.1) is 0 Å². The Bertz CT molecular complexity index is 416. The summed E-state index contributed by atoms with van der Waals surface area (Å²) in [7, 11) is 0. The van der Waals surface area contributed by atoms with Crippen molar-refractivity contribution in [2.24, 2.45) is 16.6 Å². The molecule has 0 aliphatic carbocycles. The molecular weight excluding hydrogens is 242 g/mol. The van der Waals surface area contributed by atoms with Gasteiger partial charge in [0.25, 0.3) is 0 Å². The molecular formula is C13H21N5O. The maximum absolute atomic E-state index is 10.9. The first kappa shape index (κ1) is 14.9. The molecule has 0 spiro atoms. The second-order valence-electron chi connectivity index (χ2n) is 4.57. The Morgan fingerprint density at radius 2 is 2.26 bits per heavy atom. The summed E-state index contributed by atoms with van der Waals surface area (Å²) >= 11 is 0. The molecule has 6 heteroatoms. The standard InChI is InChI=1S/C13H21N5O/c1-10(2)9-17-13(18-12(14)19)16-8-6-11-5-3-4-7-15-11/h3-5,7,10H,6,8-9H2,1-2H3,(H4,14,16,17,18,19). The zero-order valence-electron chi connectivity index (χ0n) is 11.4. The molecule has 0 saturated heterocycles. The summed E-state index contributed by atoms with van der Waals surface area (Å²) in [5.41, 5.74) is 6.08. The van der Waals surface area contributed by atoms with E-state index in [0.29, 0.717) is 25.0 Å². The van der Waals surface area contributed by atoms with E-state index in [1.807, 2.05) is 18.2 Å². The summed E-state index contributed by atoms with van der Waals surface area (Å²) in [5.74, 6) is 0.833. The van der Waals surface area contributed by atoms with Crippen molar-refractivity contribution in [3.63, 3.8) is 0 Å². The maximum Gasteiger partial charge on any atom is 0.318 e. The van der Waals surface area contributed by atoms with Gasteiger partial charge >= 0.3 is 6.03 Å². The zero-order chi connectivity index (χ0) is 14.1. The Labute approximate surface area is 113 Å². The number of carbonyl (C=O) groups excluding carboxylic acids is 1. The molecule has 0 aliphatic heterocycles. The SMILES string of the molecule is CC(C)CN=C(NCCc1ccccn1)NC(N)=O. The molecule has 0 bridgehead atoms. The van der Waals surface area contributed by atoms with Gasteiger partial charge in [0, 0.05) is 31.4 Å². The van der Waals surface area contributed by atoms with Crippen LogP contribution >= 0.6 is 0 Å². The van der Waals surface area contributed by atoms with Crippen LogP contribution in [0.1, 0.15) is 19.5 Å². The lowest BCUT2D eigenvalue weighted by Gasteiger charge is -2.10. The monoisotopic (exact) mass is 263 g/mol. The molecule has 0 radical (unpaired) electrons. The fourth-order valence-electron chi connectivity index (χ4n) is 1.39. The predicted octanol–water partition coefficient (Wildman–Crippen LogP) is 0.894. The average Bonchev–Trinajstić information content (AvgIpc) is 2.36. The first-order chi connectivity index (χ1) is 9.08. The van der Waals surface area contributed by atoms with Crippen LogP contribution in [0.3, 0.4) is 0 Å². The lowest BCUT2D eigenvalue weighted by molar-refractivity contribution is 0.253. The third-order valence-corrected chi connectivity index (χ3v) is 2.26. The highest BCUT2D eigenvalue weighted by Gasteiger charge is 2.02. The van der Waals surface area contributed by atoms with E-state index in [9.17, 15) is 4.79 Å². The highest BCUT2D eigenvalue weighted by molar-refractivity contribution is 5.95. The molecule has 6 nitrogen and oxygen atoms in total. The van der Waals surface area contributed by atoms with Gasteiger partial charge < -0.3 is 11.1 Å². The van der Waals surface area contributed by atoms with Crippen molar-refractivity contribution in [3.05, 3.63) is 30.1 Å². The van der Waals surface area contributed by atoms with Crippen molar-refractivity contribution >= 4 is 12.0 Å². The lowest BCUT2D eigenvalue weighted by atomic mass is 10.2. The van der Waals surface area contributed by atoms with E-state index >= 15 is 0 Å². The number of hydrogen-bond donors (Lipinski definition) is 3. The van der Waals surface area contributed by atoms with E-state index in [4.69, 9.17) is 5.73 Å². The Hall–Kier alpha value is -2.11. The Kier molecular flexibility index (Phi) is 6.35. The number of nitrogens with two attached hydrogens (primary N) is 1. The van der Waals surface area contributed by atoms with E-state index in [-0.39, 0.29) is 0 Å². The third kappa shape index (κ3) is 7.03. The number of rotatable bonds is 5. The first-order valence-electron chi connectivity index (χ1n) is 6.32. The van der Waals surface area contributed by atoms with Gasteiger partial charge in [0.2, 0.25) is 0 Å². The lowest BCUT2D eigenvalue weighted by Crippen LogP contribution is -2.44. The van der Waals surface area contributed by atoms with Crippen LogP contribution < -0.4 is 16.4 Å². The number of amides is 2. The van der Waals surface area contributed by atoms with Gasteiger partial charge in [0.15, 0.2) is 5.96 Å². The molecule has 0 saturated carbocycles. The first-order valence-corrected chi connectivity index (χ1v) is 6.32. The molecule has 1 aromatic rings. The number of hydrogen-bond acceptors (Lipinski definition) is 3. The van der Waals surface area contributed by atoms with Crippen molar-refractivity contribution in [2.75, 3.05) is 13.1 Å². The summed E-state index contributed by atoms with van der Waals surface area (Å²) in [4.78, 5) is 19.4. The molecule has 2 amide bonds. The van der Waals surface area contributed by atoms with Gasteiger partial charge in [-0.1, -0.05) is 19.9 Å². The molecule has 0 fully saturated rings. The minimum Gasteiger partial charge on any atom is -0.356 e. The van der Waals surface area contributed by atoms with Crippen molar-refractivity contribution in [3.8, 4) is 0 Å². The summed E-state index contributed by atoms with van der Waals surface area (Å²) in [6, 6.07) is 5.15. The number of primary amides is 1. The molecule has 19 heavy (non-hydrogen) atoms. The van der Waals surface area contributed by atoms with Crippen LogP contribution in [0.4, 0.5) is 4.79 Å². The number of carbonyl (C=O) groups is 1. The minimum absolute atomic E-state index is 0.414.